The number of para-hydroxylation sites is 1. The first-order chi connectivity index (χ1) is 11.6. The molecule has 0 saturated heterocycles. The second-order valence-electron chi connectivity index (χ2n) is 5.51. The summed E-state index contributed by atoms with van der Waals surface area (Å²) in [5.41, 5.74) is 5.67. The SMILES string of the molecule is Cc1ccc(C(=O)N/N=C\c2coc3ccccc3c2=O)cc1C. The van der Waals surface area contributed by atoms with Crippen molar-refractivity contribution in [3.8, 4) is 0 Å². The fraction of sp³-hybridized carbons (Fsp3) is 0.105. The smallest absolute Gasteiger partial charge is 0.271 e. The molecule has 0 radical (unpaired) electrons. The Morgan fingerprint density at radius 3 is 2.71 bits per heavy atom. The molecule has 3 rings (SSSR count). The fourth-order valence-electron chi connectivity index (χ4n) is 2.29. The van der Waals surface area contributed by atoms with E-state index >= 15 is 0 Å². The number of amides is 1. The fourth-order valence-corrected chi connectivity index (χ4v) is 2.29. The summed E-state index contributed by atoms with van der Waals surface area (Å²) < 4.78 is 5.39. The molecule has 0 unspecified atom stereocenters. The highest BCUT2D eigenvalue weighted by atomic mass is 16.3. The third-order valence-electron chi connectivity index (χ3n) is 3.85. The molecule has 0 fully saturated rings. The minimum absolute atomic E-state index is 0.193. The van der Waals surface area contributed by atoms with Crippen LogP contribution >= 0.6 is 0 Å². The van der Waals surface area contributed by atoms with Crippen LogP contribution in [0.4, 0.5) is 0 Å². The molecule has 24 heavy (non-hydrogen) atoms. The number of hydrazone groups is 1. The molecule has 1 N–H and O–H groups in total. The molecule has 120 valence electrons. The maximum absolute atomic E-state index is 12.3. The van der Waals surface area contributed by atoms with Gasteiger partial charge in [-0.3, -0.25) is 9.59 Å². The minimum Gasteiger partial charge on any atom is -0.463 e. The van der Waals surface area contributed by atoms with Crippen LogP contribution in [0.1, 0.15) is 27.0 Å². The van der Waals surface area contributed by atoms with Crippen LogP contribution in [-0.4, -0.2) is 12.1 Å². The lowest BCUT2D eigenvalue weighted by Crippen LogP contribution is -2.18. The van der Waals surface area contributed by atoms with E-state index in [1.807, 2.05) is 19.9 Å². The third kappa shape index (κ3) is 3.10. The number of aryl methyl sites for hydroxylation is 2. The number of carbonyl (C=O) groups excluding carboxylic acids is 1. The van der Waals surface area contributed by atoms with Gasteiger partial charge in [-0.15, -0.1) is 0 Å². The van der Waals surface area contributed by atoms with E-state index in [1.165, 1.54) is 12.5 Å². The van der Waals surface area contributed by atoms with E-state index in [-0.39, 0.29) is 16.9 Å². The van der Waals surface area contributed by atoms with Gasteiger partial charge in [-0.1, -0.05) is 18.2 Å². The van der Waals surface area contributed by atoms with Gasteiger partial charge in [0.1, 0.15) is 11.8 Å². The number of fused-ring (bicyclic) bond motifs is 1. The first-order valence-corrected chi connectivity index (χ1v) is 7.47. The predicted molar refractivity (Wildman–Crippen MR) is 93.5 cm³/mol. The molecule has 0 aliphatic carbocycles. The highest BCUT2D eigenvalue weighted by molar-refractivity contribution is 5.95. The Bertz CT molecular complexity index is 1000. The van der Waals surface area contributed by atoms with Crippen LogP contribution in [0.2, 0.25) is 0 Å². The predicted octanol–water partition coefficient (Wildman–Crippen LogP) is 3.17. The molecule has 0 spiro atoms. The van der Waals surface area contributed by atoms with E-state index in [0.717, 1.165) is 11.1 Å². The summed E-state index contributed by atoms with van der Waals surface area (Å²) in [5.74, 6) is -0.334. The Balaban J connectivity index is 1.79. The number of hydrogen-bond donors (Lipinski definition) is 1. The molecule has 0 aliphatic heterocycles. The monoisotopic (exact) mass is 320 g/mol. The summed E-state index contributed by atoms with van der Waals surface area (Å²) in [6.45, 7) is 3.92. The van der Waals surface area contributed by atoms with Crippen LogP contribution in [0.15, 0.2) is 63.0 Å². The van der Waals surface area contributed by atoms with Gasteiger partial charge in [-0.25, -0.2) is 5.43 Å². The number of rotatable bonds is 3. The molecule has 1 heterocycles. The average molecular weight is 320 g/mol. The lowest BCUT2D eigenvalue weighted by molar-refractivity contribution is 0.0955. The number of nitrogens with zero attached hydrogens (tertiary/aromatic N) is 1. The Kier molecular flexibility index (Phi) is 4.24. The van der Waals surface area contributed by atoms with Gasteiger partial charge >= 0.3 is 0 Å². The zero-order valence-corrected chi connectivity index (χ0v) is 13.4. The van der Waals surface area contributed by atoms with E-state index in [2.05, 4.69) is 10.5 Å². The normalized spacial score (nSPS) is 11.1. The molecule has 2 aromatic carbocycles. The highest BCUT2D eigenvalue weighted by Gasteiger charge is 2.07. The molecule has 1 aromatic heterocycles. The summed E-state index contributed by atoms with van der Waals surface area (Å²) in [6, 6.07) is 12.4. The maximum Gasteiger partial charge on any atom is 0.271 e. The van der Waals surface area contributed by atoms with E-state index in [9.17, 15) is 9.59 Å². The molecule has 0 saturated carbocycles. The van der Waals surface area contributed by atoms with Gasteiger partial charge in [-0.2, -0.15) is 5.10 Å². The van der Waals surface area contributed by atoms with Gasteiger partial charge in [0, 0.05) is 5.56 Å². The number of hydrogen-bond acceptors (Lipinski definition) is 4. The van der Waals surface area contributed by atoms with Crippen LogP contribution < -0.4 is 10.9 Å². The largest absolute Gasteiger partial charge is 0.463 e. The number of nitrogens with one attached hydrogen (secondary N) is 1. The summed E-state index contributed by atoms with van der Waals surface area (Å²) >= 11 is 0. The van der Waals surface area contributed by atoms with Crippen LogP contribution in [0, 0.1) is 13.8 Å². The zero-order valence-electron chi connectivity index (χ0n) is 13.4. The summed E-state index contributed by atoms with van der Waals surface area (Å²) in [6.07, 6.45) is 2.62. The number of benzene rings is 2. The van der Waals surface area contributed by atoms with Crippen molar-refractivity contribution < 1.29 is 9.21 Å². The van der Waals surface area contributed by atoms with Gasteiger partial charge < -0.3 is 4.42 Å². The third-order valence-corrected chi connectivity index (χ3v) is 3.85. The van der Waals surface area contributed by atoms with Crippen molar-refractivity contribution in [1.29, 1.82) is 0 Å². The topological polar surface area (TPSA) is 71.7 Å². The molecule has 3 aromatic rings. The second kappa shape index (κ2) is 6.50. The minimum atomic E-state index is -0.334. The summed E-state index contributed by atoms with van der Waals surface area (Å²) in [5, 5.41) is 4.33. The summed E-state index contributed by atoms with van der Waals surface area (Å²) in [7, 11) is 0. The quantitative estimate of drug-likeness (QED) is 0.595. The molecule has 0 atom stereocenters. The van der Waals surface area contributed by atoms with Crippen LogP contribution in [-0.2, 0) is 0 Å². The van der Waals surface area contributed by atoms with Gasteiger partial charge in [-0.05, 0) is 49.2 Å². The second-order valence-corrected chi connectivity index (χ2v) is 5.51. The van der Waals surface area contributed by atoms with Crippen LogP contribution in [0.5, 0.6) is 0 Å². The summed E-state index contributed by atoms with van der Waals surface area (Å²) in [4.78, 5) is 24.4. The standard InChI is InChI=1S/C19H16N2O3/c1-12-7-8-14(9-13(12)2)19(23)21-20-10-15-11-24-17-6-4-3-5-16(17)18(15)22/h3-11H,1-2H3,(H,21,23)/b20-10-. The van der Waals surface area contributed by atoms with Crippen molar-refractivity contribution >= 4 is 23.1 Å². The maximum atomic E-state index is 12.3. The lowest BCUT2D eigenvalue weighted by Gasteiger charge is -2.03. The van der Waals surface area contributed by atoms with Gasteiger partial charge in [0.05, 0.1) is 17.2 Å². The lowest BCUT2D eigenvalue weighted by atomic mass is 10.1. The van der Waals surface area contributed by atoms with Crippen molar-refractivity contribution in [3.63, 3.8) is 0 Å². The van der Waals surface area contributed by atoms with E-state index in [1.54, 1.807) is 36.4 Å². The van der Waals surface area contributed by atoms with Crippen molar-refractivity contribution in [2.75, 3.05) is 0 Å². The van der Waals surface area contributed by atoms with Crippen molar-refractivity contribution in [1.82, 2.24) is 5.43 Å². The van der Waals surface area contributed by atoms with Crippen molar-refractivity contribution in [3.05, 3.63) is 81.2 Å². The first kappa shape index (κ1) is 15.7. The van der Waals surface area contributed by atoms with Crippen molar-refractivity contribution in [2.45, 2.75) is 13.8 Å². The van der Waals surface area contributed by atoms with Crippen molar-refractivity contribution in [2.24, 2.45) is 5.10 Å². The van der Waals surface area contributed by atoms with E-state index < -0.39 is 0 Å². The van der Waals surface area contributed by atoms with Gasteiger partial charge in [0.15, 0.2) is 0 Å². The zero-order chi connectivity index (χ0) is 17.1. The Hall–Kier alpha value is -3.21. The Labute approximate surface area is 138 Å². The average Bonchev–Trinajstić information content (AvgIpc) is 2.59. The molecular weight excluding hydrogens is 304 g/mol. The Morgan fingerprint density at radius 1 is 1.12 bits per heavy atom. The van der Waals surface area contributed by atoms with Crippen LogP contribution in [0.25, 0.3) is 11.0 Å². The highest BCUT2D eigenvalue weighted by Crippen LogP contribution is 2.10. The van der Waals surface area contributed by atoms with Gasteiger partial charge in [0.25, 0.3) is 5.91 Å². The number of carbonyl (C=O) groups is 1. The molecular formula is C19H16N2O3. The molecule has 5 nitrogen and oxygen atoms in total. The first-order valence-electron chi connectivity index (χ1n) is 7.47. The van der Waals surface area contributed by atoms with Crippen LogP contribution in [0.3, 0.4) is 0 Å². The molecule has 0 aliphatic rings. The Morgan fingerprint density at radius 2 is 1.92 bits per heavy atom. The van der Waals surface area contributed by atoms with E-state index in [4.69, 9.17) is 4.42 Å². The molecule has 5 heteroatoms. The van der Waals surface area contributed by atoms with E-state index in [0.29, 0.717) is 16.5 Å². The van der Waals surface area contributed by atoms with Gasteiger partial charge in [0.2, 0.25) is 5.43 Å². The molecule has 1 amide bonds. The molecule has 0 bridgehead atoms.